The number of rotatable bonds is 10. The van der Waals surface area contributed by atoms with Gasteiger partial charge in [-0.3, -0.25) is 9.48 Å². The molecule has 5 nitrogen and oxygen atoms in total. The van der Waals surface area contributed by atoms with Crippen LogP contribution in [-0.4, -0.2) is 46.8 Å². The predicted molar refractivity (Wildman–Crippen MR) is 106 cm³/mol. The van der Waals surface area contributed by atoms with Crippen molar-refractivity contribution in [3.8, 4) is 0 Å². The third-order valence-corrected chi connectivity index (χ3v) is 4.82. The zero-order valence-corrected chi connectivity index (χ0v) is 16.7. The van der Waals surface area contributed by atoms with E-state index in [2.05, 4.69) is 24.3 Å². The standard InChI is InChI=1S/C19H34N4O.ClH/c1-3-5-7-13-22(14-8-6-4-2)19(24)18-11-15-23(21-18)17-10-9-12-20-16-17;/h11,15,17,20H,3-10,12-14,16H2,1-2H3;1H. The van der Waals surface area contributed by atoms with Crippen LogP contribution in [0, 0.1) is 0 Å². The summed E-state index contributed by atoms with van der Waals surface area (Å²) in [5.41, 5.74) is 0.605. The van der Waals surface area contributed by atoms with Crippen molar-refractivity contribution in [1.82, 2.24) is 20.0 Å². The quantitative estimate of drug-likeness (QED) is 0.632. The van der Waals surface area contributed by atoms with Gasteiger partial charge >= 0.3 is 0 Å². The summed E-state index contributed by atoms with van der Waals surface area (Å²) in [5.74, 6) is 0.102. The predicted octanol–water partition coefficient (Wildman–Crippen LogP) is 4.05. The van der Waals surface area contributed by atoms with Crippen LogP contribution in [0.1, 0.15) is 81.7 Å². The number of amides is 1. The van der Waals surface area contributed by atoms with E-state index in [-0.39, 0.29) is 18.3 Å². The molecule has 1 fully saturated rings. The summed E-state index contributed by atoms with van der Waals surface area (Å²) in [6, 6.07) is 2.28. The summed E-state index contributed by atoms with van der Waals surface area (Å²) < 4.78 is 1.98. The van der Waals surface area contributed by atoms with Crippen LogP contribution in [0.5, 0.6) is 0 Å². The highest BCUT2D eigenvalue weighted by Crippen LogP contribution is 2.16. The molecule has 1 aromatic heterocycles. The van der Waals surface area contributed by atoms with Gasteiger partial charge in [0.05, 0.1) is 6.04 Å². The molecule has 0 spiro atoms. The largest absolute Gasteiger partial charge is 0.337 e. The van der Waals surface area contributed by atoms with E-state index in [0.717, 1.165) is 45.4 Å². The maximum atomic E-state index is 12.9. The van der Waals surface area contributed by atoms with Gasteiger partial charge in [-0.25, -0.2) is 0 Å². The number of halogens is 1. The van der Waals surface area contributed by atoms with Crippen LogP contribution in [-0.2, 0) is 0 Å². The van der Waals surface area contributed by atoms with Gasteiger partial charge in [-0.15, -0.1) is 12.4 Å². The third kappa shape index (κ3) is 6.98. The molecular weight excluding hydrogens is 336 g/mol. The van der Waals surface area contributed by atoms with Crippen molar-refractivity contribution in [2.24, 2.45) is 0 Å². The summed E-state index contributed by atoms with van der Waals surface area (Å²) in [7, 11) is 0. The van der Waals surface area contributed by atoms with Gasteiger partial charge in [0.2, 0.25) is 0 Å². The SMILES string of the molecule is CCCCCN(CCCCC)C(=O)c1ccn(C2CCCNC2)n1.Cl. The Kier molecular flexibility index (Phi) is 10.8. The Bertz CT molecular complexity index is 476. The molecule has 0 aliphatic carbocycles. The molecule has 0 aromatic carbocycles. The summed E-state index contributed by atoms with van der Waals surface area (Å²) in [4.78, 5) is 14.9. The molecule has 25 heavy (non-hydrogen) atoms. The van der Waals surface area contributed by atoms with Crippen molar-refractivity contribution < 1.29 is 4.79 Å². The Hall–Kier alpha value is -1.07. The molecule has 0 bridgehead atoms. The molecule has 2 rings (SSSR count). The van der Waals surface area contributed by atoms with Crippen molar-refractivity contribution >= 4 is 18.3 Å². The number of aromatic nitrogens is 2. The monoisotopic (exact) mass is 370 g/mol. The fourth-order valence-electron chi connectivity index (χ4n) is 3.30. The first-order valence-electron chi connectivity index (χ1n) is 9.81. The zero-order valence-electron chi connectivity index (χ0n) is 15.9. The van der Waals surface area contributed by atoms with E-state index < -0.39 is 0 Å². The topological polar surface area (TPSA) is 50.2 Å². The lowest BCUT2D eigenvalue weighted by Gasteiger charge is -2.23. The molecule has 1 aliphatic rings. The highest BCUT2D eigenvalue weighted by Gasteiger charge is 2.21. The van der Waals surface area contributed by atoms with Crippen LogP contribution < -0.4 is 5.32 Å². The van der Waals surface area contributed by atoms with Crippen LogP contribution in [0.2, 0.25) is 0 Å². The van der Waals surface area contributed by atoms with E-state index in [1.54, 1.807) is 0 Å². The Morgan fingerprint density at radius 1 is 1.24 bits per heavy atom. The number of piperidine rings is 1. The summed E-state index contributed by atoms with van der Waals surface area (Å²) in [6.45, 7) is 8.15. The minimum absolute atomic E-state index is 0. The molecule has 1 saturated heterocycles. The Balaban J connectivity index is 0.00000312. The molecule has 1 N–H and O–H groups in total. The average Bonchev–Trinajstić information content (AvgIpc) is 3.11. The van der Waals surface area contributed by atoms with Crippen LogP contribution in [0.15, 0.2) is 12.3 Å². The number of nitrogens with one attached hydrogen (secondary N) is 1. The fraction of sp³-hybridized carbons (Fsp3) is 0.789. The maximum Gasteiger partial charge on any atom is 0.274 e. The summed E-state index contributed by atoms with van der Waals surface area (Å²) >= 11 is 0. The van der Waals surface area contributed by atoms with Crippen LogP contribution in [0.25, 0.3) is 0 Å². The van der Waals surface area contributed by atoms with E-state index in [1.165, 1.54) is 32.1 Å². The number of carbonyl (C=O) groups is 1. The Labute approximate surface area is 158 Å². The molecule has 144 valence electrons. The molecule has 0 saturated carbocycles. The second kappa shape index (κ2) is 12.3. The molecule has 1 unspecified atom stereocenters. The highest BCUT2D eigenvalue weighted by molar-refractivity contribution is 5.92. The third-order valence-electron chi connectivity index (χ3n) is 4.82. The highest BCUT2D eigenvalue weighted by atomic mass is 35.5. The van der Waals surface area contributed by atoms with Crippen LogP contribution >= 0.6 is 12.4 Å². The van der Waals surface area contributed by atoms with Crippen LogP contribution in [0.3, 0.4) is 0 Å². The van der Waals surface area contributed by atoms with Crippen molar-refractivity contribution in [3.63, 3.8) is 0 Å². The Morgan fingerprint density at radius 3 is 2.48 bits per heavy atom. The first-order chi connectivity index (χ1) is 11.8. The van der Waals surface area contributed by atoms with Crippen molar-refractivity contribution in [1.29, 1.82) is 0 Å². The minimum Gasteiger partial charge on any atom is -0.337 e. The van der Waals surface area contributed by atoms with Gasteiger partial charge in [0.15, 0.2) is 0 Å². The molecule has 2 heterocycles. The first-order valence-corrected chi connectivity index (χ1v) is 9.81. The van der Waals surface area contributed by atoms with Gasteiger partial charge in [0.25, 0.3) is 5.91 Å². The Morgan fingerprint density at radius 2 is 1.92 bits per heavy atom. The molecule has 6 heteroatoms. The smallest absolute Gasteiger partial charge is 0.274 e. The van der Waals surface area contributed by atoms with E-state index in [4.69, 9.17) is 0 Å². The van der Waals surface area contributed by atoms with Crippen molar-refractivity contribution in [3.05, 3.63) is 18.0 Å². The molecule has 0 radical (unpaired) electrons. The lowest BCUT2D eigenvalue weighted by atomic mass is 10.1. The summed E-state index contributed by atoms with van der Waals surface area (Å²) in [5, 5.41) is 8.00. The first kappa shape index (κ1) is 22.0. The fourth-order valence-corrected chi connectivity index (χ4v) is 3.30. The normalized spacial score (nSPS) is 17.1. The number of hydrogen-bond donors (Lipinski definition) is 1. The van der Waals surface area contributed by atoms with Gasteiger partial charge in [-0.05, 0) is 38.3 Å². The van der Waals surface area contributed by atoms with Gasteiger partial charge < -0.3 is 10.2 Å². The van der Waals surface area contributed by atoms with Gasteiger partial charge in [0.1, 0.15) is 5.69 Å². The van der Waals surface area contributed by atoms with Gasteiger partial charge in [-0.1, -0.05) is 39.5 Å². The van der Waals surface area contributed by atoms with E-state index in [9.17, 15) is 4.79 Å². The second-order valence-electron chi connectivity index (χ2n) is 6.89. The van der Waals surface area contributed by atoms with Crippen molar-refractivity contribution in [2.45, 2.75) is 71.3 Å². The van der Waals surface area contributed by atoms with Gasteiger partial charge in [0, 0.05) is 25.8 Å². The molecule has 1 aliphatic heterocycles. The van der Waals surface area contributed by atoms with E-state index in [0.29, 0.717) is 11.7 Å². The second-order valence-corrected chi connectivity index (χ2v) is 6.89. The number of carbonyl (C=O) groups excluding carboxylic acids is 1. The number of hydrogen-bond acceptors (Lipinski definition) is 3. The lowest BCUT2D eigenvalue weighted by Crippen LogP contribution is -2.34. The van der Waals surface area contributed by atoms with Gasteiger partial charge in [-0.2, -0.15) is 5.10 Å². The number of unbranched alkanes of at least 4 members (excludes halogenated alkanes) is 4. The van der Waals surface area contributed by atoms with Crippen LogP contribution in [0.4, 0.5) is 0 Å². The lowest BCUT2D eigenvalue weighted by molar-refractivity contribution is 0.0742. The van der Waals surface area contributed by atoms with Crippen molar-refractivity contribution in [2.75, 3.05) is 26.2 Å². The zero-order chi connectivity index (χ0) is 17.2. The molecule has 1 atom stereocenters. The average molecular weight is 371 g/mol. The maximum absolute atomic E-state index is 12.9. The molecule has 1 aromatic rings. The molecule has 1 amide bonds. The molecular formula is C19H35ClN4O. The van der Waals surface area contributed by atoms with E-state index >= 15 is 0 Å². The summed E-state index contributed by atoms with van der Waals surface area (Å²) in [6.07, 6.45) is 11.2. The number of nitrogens with zero attached hydrogens (tertiary/aromatic N) is 3. The van der Waals surface area contributed by atoms with E-state index in [1.807, 2.05) is 21.8 Å². The minimum atomic E-state index is 0.